The fourth-order valence-electron chi connectivity index (χ4n) is 2.95. The van der Waals surface area contributed by atoms with E-state index in [9.17, 15) is 4.39 Å². The van der Waals surface area contributed by atoms with Gasteiger partial charge in [-0.05, 0) is 42.6 Å². The number of benzene rings is 1. The van der Waals surface area contributed by atoms with Crippen LogP contribution in [0.25, 0.3) is 0 Å². The molecule has 1 nitrogen and oxygen atoms in total. The van der Waals surface area contributed by atoms with Crippen molar-refractivity contribution < 1.29 is 4.39 Å². The standard InChI is InChI=1S/C16H22FNS/c1-2-12(10-11-6-7-11)18-15-8-9-19-16-13(15)4-3-5-14(16)17/h3-5,11-12,15,18H,2,6-10H2,1H3. The Bertz CT molecular complexity index is 444. The fraction of sp³-hybridized carbons (Fsp3) is 0.625. The molecule has 2 unspecified atom stereocenters. The minimum atomic E-state index is -0.0516. The minimum Gasteiger partial charge on any atom is -0.307 e. The first-order valence-corrected chi connectivity index (χ1v) is 8.43. The molecule has 1 aromatic carbocycles. The lowest BCUT2D eigenvalue weighted by molar-refractivity contribution is 0.378. The molecule has 0 radical (unpaired) electrons. The second kappa shape index (κ2) is 5.84. The molecule has 1 saturated carbocycles. The van der Waals surface area contributed by atoms with E-state index >= 15 is 0 Å². The maximum absolute atomic E-state index is 13.8. The third-order valence-corrected chi connectivity index (χ3v) is 5.43. The Morgan fingerprint density at radius 2 is 2.21 bits per heavy atom. The Labute approximate surface area is 119 Å². The van der Waals surface area contributed by atoms with Crippen LogP contribution >= 0.6 is 11.8 Å². The molecule has 0 aromatic heterocycles. The summed E-state index contributed by atoms with van der Waals surface area (Å²) in [6.07, 6.45) is 6.39. The predicted molar refractivity (Wildman–Crippen MR) is 79.0 cm³/mol. The Kier molecular flexibility index (Phi) is 4.13. The Morgan fingerprint density at radius 1 is 1.37 bits per heavy atom. The highest BCUT2D eigenvalue weighted by Gasteiger charge is 2.28. The van der Waals surface area contributed by atoms with Gasteiger partial charge in [0.2, 0.25) is 0 Å². The van der Waals surface area contributed by atoms with Crippen LogP contribution in [0.3, 0.4) is 0 Å². The summed E-state index contributed by atoms with van der Waals surface area (Å²) in [5.74, 6) is 1.91. The van der Waals surface area contributed by atoms with E-state index in [1.807, 2.05) is 6.07 Å². The molecule has 0 saturated heterocycles. The van der Waals surface area contributed by atoms with Crippen LogP contribution in [0, 0.1) is 11.7 Å². The van der Waals surface area contributed by atoms with Gasteiger partial charge in [0.1, 0.15) is 5.82 Å². The molecule has 0 spiro atoms. The SMILES string of the molecule is CCC(CC1CC1)NC1CCSc2c(F)cccc21. The van der Waals surface area contributed by atoms with Gasteiger partial charge >= 0.3 is 0 Å². The van der Waals surface area contributed by atoms with E-state index in [2.05, 4.69) is 18.3 Å². The minimum absolute atomic E-state index is 0.0516. The monoisotopic (exact) mass is 279 g/mol. The molecule has 0 bridgehead atoms. The van der Waals surface area contributed by atoms with E-state index in [1.54, 1.807) is 17.8 Å². The number of fused-ring (bicyclic) bond motifs is 1. The Balaban J connectivity index is 1.73. The smallest absolute Gasteiger partial charge is 0.137 e. The molecule has 19 heavy (non-hydrogen) atoms. The maximum Gasteiger partial charge on any atom is 0.137 e. The van der Waals surface area contributed by atoms with Crippen molar-refractivity contribution in [3.05, 3.63) is 29.6 Å². The molecular formula is C16H22FNS. The molecule has 2 atom stereocenters. The van der Waals surface area contributed by atoms with Gasteiger partial charge in [-0.25, -0.2) is 4.39 Å². The van der Waals surface area contributed by atoms with Crippen molar-refractivity contribution in [2.75, 3.05) is 5.75 Å². The lowest BCUT2D eigenvalue weighted by Gasteiger charge is -2.30. The van der Waals surface area contributed by atoms with Crippen LogP contribution in [0.2, 0.25) is 0 Å². The third-order valence-electron chi connectivity index (χ3n) is 4.27. The normalized spacial score (nSPS) is 24.0. The molecule has 2 aliphatic rings. The van der Waals surface area contributed by atoms with E-state index in [0.717, 1.165) is 23.0 Å². The molecule has 1 fully saturated rings. The molecule has 1 aliphatic heterocycles. The quantitative estimate of drug-likeness (QED) is 0.850. The van der Waals surface area contributed by atoms with Crippen molar-refractivity contribution in [1.29, 1.82) is 0 Å². The summed E-state index contributed by atoms with van der Waals surface area (Å²) >= 11 is 1.67. The first-order chi connectivity index (χ1) is 9.28. The molecule has 104 valence electrons. The largest absolute Gasteiger partial charge is 0.307 e. The highest BCUT2D eigenvalue weighted by Crippen LogP contribution is 2.39. The number of rotatable bonds is 5. The van der Waals surface area contributed by atoms with E-state index < -0.39 is 0 Å². The van der Waals surface area contributed by atoms with Gasteiger partial charge in [0, 0.05) is 17.0 Å². The molecule has 3 heteroatoms. The lowest BCUT2D eigenvalue weighted by Crippen LogP contribution is -2.34. The third kappa shape index (κ3) is 3.14. The fourth-order valence-corrected chi connectivity index (χ4v) is 4.09. The number of hydrogen-bond donors (Lipinski definition) is 1. The highest BCUT2D eigenvalue weighted by atomic mass is 32.2. The highest BCUT2D eigenvalue weighted by molar-refractivity contribution is 7.99. The lowest BCUT2D eigenvalue weighted by atomic mass is 10.00. The van der Waals surface area contributed by atoms with E-state index in [4.69, 9.17) is 0 Å². The van der Waals surface area contributed by atoms with E-state index in [0.29, 0.717) is 12.1 Å². The average molecular weight is 279 g/mol. The van der Waals surface area contributed by atoms with Gasteiger partial charge in [-0.2, -0.15) is 0 Å². The summed E-state index contributed by atoms with van der Waals surface area (Å²) in [6, 6.07) is 6.45. The van der Waals surface area contributed by atoms with Crippen LogP contribution in [-0.2, 0) is 0 Å². The van der Waals surface area contributed by atoms with Gasteiger partial charge < -0.3 is 5.32 Å². The average Bonchev–Trinajstić information content (AvgIpc) is 3.23. The predicted octanol–water partition coefficient (Wildman–Crippen LogP) is 4.53. The van der Waals surface area contributed by atoms with Crippen molar-refractivity contribution in [2.24, 2.45) is 5.92 Å². The second-order valence-electron chi connectivity index (χ2n) is 5.80. The molecule has 1 heterocycles. The first-order valence-electron chi connectivity index (χ1n) is 7.45. The van der Waals surface area contributed by atoms with Crippen molar-refractivity contribution in [3.8, 4) is 0 Å². The van der Waals surface area contributed by atoms with Gasteiger partial charge in [-0.15, -0.1) is 11.8 Å². The van der Waals surface area contributed by atoms with Gasteiger partial charge in [0.15, 0.2) is 0 Å². The van der Waals surface area contributed by atoms with Gasteiger partial charge in [0.25, 0.3) is 0 Å². The molecule has 1 N–H and O–H groups in total. The number of hydrogen-bond acceptors (Lipinski definition) is 2. The van der Waals surface area contributed by atoms with Crippen LogP contribution < -0.4 is 5.32 Å². The van der Waals surface area contributed by atoms with Gasteiger partial charge in [-0.3, -0.25) is 0 Å². The van der Waals surface area contributed by atoms with Crippen LogP contribution in [0.1, 0.15) is 50.6 Å². The summed E-state index contributed by atoms with van der Waals surface area (Å²) in [5.41, 5.74) is 1.17. The van der Waals surface area contributed by atoms with Crippen LogP contribution in [-0.4, -0.2) is 11.8 Å². The molecular weight excluding hydrogens is 257 g/mol. The second-order valence-corrected chi connectivity index (χ2v) is 6.90. The molecule has 1 aliphatic carbocycles. The summed E-state index contributed by atoms with van der Waals surface area (Å²) in [4.78, 5) is 0.868. The summed E-state index contributed by atoms with van der Waals surface area (Å²) in [6.45, 7) is 2.25. The Morgan fingerprint density at radius 3 is 2.95 bits per heavy atom. The summed E-state index contributed by atoms with van der Waals surface area (Å²) in [7, 11) is 0. The van der Waals surface area contributed by atoms with Crippen LogP contribution in [0.4, 0.5) is 4.39 Å². The van der Waals surface area contributed by atoms with E-state index in [1.165, 1.54) is 31.2 Å². The number of nitrogens with one attached hydrogen (secondary N) is 1. The van der Waals surface area contributed by atoms with Crippen molar-refractivity contribution in [3.63, 3.8) is 0 Å². The van der Waals surface area contributed by atoms with Crippen molar-refractivity contribution in [1.82, 2.24) is 5.32 Å². The summed E-state index contributed by atoms with van der Waals surface area (Å²) < 4.78 is 13.8. The van der Waals surface area contributed by atoms with Gasteiger partial charge in [0.05, 0.1) is 0 Å². The van der Waals surface area contributed by atoms with Crippen molar-refractivity contribution >= 4 is 11.8 Å². The van der Waals surface area contributed by atoms with Crippen LogP contribution in [0.15, 0.2) is 23.1 Å². The van der Waals surface area contributed by atoms with Crippen LogP contribution in [0.5, 0.6) is 0 Å². The summed E-state index contributed by atoms with van der Waals surface area (Å²) in [5, 5.41) is 3.78. The molecule has 0 amide bonds. The zero-order valence-electron chi connectivity index (χ0n) is 11.5. The Hall–Kier alpha value is -0.540. The topological polar surface area (TPSA) is 12.0 Å². The van der Waals surface area contributed by atoms with E-state index in [-0.39, 0.29) is 5.82 Å². The number of halogens is 1. The number of thioether (sulfide) groups is 1. The first kappa shape index (κ1) is 13.4. The maximum atomic E-state index is 13.8. The van der Waals surface area contributed by atoms with Crippen molar-refractivity contribution in [2.45, 2.75) is 56.0 Å². The molecule has 3 rings (SSSR count). The molecule has 1 aromatic rings. The van der Waals surface area contributed by atoms with Gasteiger partial charge in [-0.1, -0.05) is 31.9 Å². The zero-order valence-corrected chi connectivity index (χ0v) is 12.3. The zero-order chi connectivity index (χ0) is 13.2.